The van der Waals surface area contributed by atoms with Gasteiger partial charge in [0.2, 0.25) is 5.91 Å². The molecule has 0 saturated heterocycles. The Kier molecular flexibility index (Phi) is 5.12. The summed E-state index contributed by atoms with van der Waals surface area (Å²) in [4.78, 5) is 11.6. The number of anilines is 1. The van der Waals surface area contributed by atoms with Crippen molar-refractivity contribution in [2.45, 2.75) is 44.4 Å². The minimum Gasteiger partial charge on any atom is -0.495 e. The van der Waals surface area contributed by atoms with Gasteiger partial charge in [0.1, 0.15) is 5.75 Å². The van der Waals surface area contributed by atoms with Crippen LogP contribution in [0.4, 0.5) is 5.69 Å². The molecule has 1 aliphatic carbocycles. The largest absolute Gasteiger partial charge is 0.495 e. The number of amides is 1. The Morgan fingerprint density at radius 2 is 2.05 bits per heavy atom. The number of nitrogens with two attached hydrogens (primary N) is 1. The molecule has 3 N–H and O–H groups in total. The molecule has 1 amide bonds. The van der Waals surface area contributed by atoms with Crippen LogP contribution in [-0.2, 0) is 10.2 Å². The highest BCUT2D eigenvalue weighted by Gasteiger charge is 2.37. The van der Waals surface area contributed by atoms with Gasteiger partial charge in [0, 0.05) is 29.5 Å². The molecule has 1 saturated carbocycles. The van der Waals surface area contributed by atoms with Crippen molar-refractivity contribution in [2.75, 3.05) is 19.0 Å². The SMILES string of the molecule is COc1ccc(Cl)c(C2(CN)CCCCC2)c1NC(C)=O. The summed E-state index contributed by atoms with van der Waals surface area (Å²) in [6.45, 7) is 2.01. The number of ether oxygens (including phenoxy) is 1. The predicted octanol–water partition coefficient (Wildman–Crippen LogP) is 3.47. The van der Waals surface area contributed by atoms with Gasteiger partial charge >= 0.3 is 0 Å². The lowest BCUT2D eigenvalue weighted by molar-refractivity contribution is -0.114. The first kappa shape index (κ1) is 16.1. The Bertz CT molecular complexity index is 525. The molecule has 0 radical (unpaired) electrons. The number of benzene rings is 1. The first-order valence-corrected chi connectivity index (χ1v) is 7.76. The number of halogens is 1. The summed E-state index contributed by atoms with van der Waals surface area (Å²) in [5.41, 5.74) is 7.54. The lowest BCUT2D eigenvalue weighted by Crippen LogP contribution is -2.38. The van der Waals surface area contributed by atoms with E-state index in [1.165, 1.54) is 13.3 Å². The maximum atomic E-state index is 11.6. The van der Waals surface area contributed by atoms with Crippen LogP contribution in [0.1, 0.15) is 44.6 Å². The molecule has 21 heavy (non-hydrogen) atoms. The molecular weight excluding hydrogens is 288 g/mol. The highest BCUT2D eigenvalue weighted by molar-refractivity contribution is 6.32. The number of hydrogen-bond donors (Lipinski definition) is 2. The average molecular weight is 311 g/mol. The van der Waals surface area contributed by atoms with Gasteiger partial charge in [-0.2, -0.15) is 0 Å². The van der Waals surface area contributed by atoms with E-state index in [4.69, 9.17) is 22.1 Å². The van der Waals surface area contributed by atoms with Crippen LogP contribution in [0.5, 0.6) is 5.75 Å². The first-order valence-electron chi connectivity index (χ1n) is 7.39. The summed E-state index contributed by atoms with van der Waals surface area (Å²) in [6, 6.07) is 3.61. The second-order valence-corrected chi connectivity index (χ2v) is 6.13. The molecule has 0 aliphatic heterocycles. The van der Waals surface area contributed by atoms with Crippen molar-refractivity contribution in [3.63, 3.8) is 0 Å². The van der Waals surface area contributed by atoms with Gasteiger partial charge in [0.25, 0.3) is 0 Å². The van der Waals surface area contributed by atoms with Gasteiger partial charge < -0.3 is 15.8 Å². The molecule has 1 aromatic carbocycles. The summed E-state index contributed by atoms with van der Waals surface area (Å²) >= 11 is 6.48. The fraction of sp³-hybridized carbons (Fsp3) is 0.562. The minimum atomic E-state index is -0.179. The van der Waals surface area contributed by atoms with Crippen LogP contribution in [0.3, 0.4) is 0 Å². The molecule has 116 valence electrons. The van der Waals surface area contributed by atoms with Crippen LogP contribution in [-0.4, -0.2) is 19.6 Å². The van der Waals surface area contributed by atoms with Crippen LogP contribution >= 0.6 is 11.6 Å². The van der Waals surface area contributed by atoms with Gasteiger partial charge in [-0.05, 0) is 25.0 Å². The van der Waals surface area contributed by atoms with Crippen molar-refractivity contribution in [1.82, 2.24) is 0 Å². The molecule has 0 bridgehead atoms. The summed E-state index contributed by atoms with van der Waals surface area (Å²) in [7, 11) is 1.59. The molecule has 1 fully saturated rings. The van der Waals surface area contributed by atoms with E-state index in [1.54, 1.807) is 13.2 Å². The first-order chi connectivity index (χ1) is 10.0. The number of carbonyl (C=O) groups is 1. The number of carbonyl (C=O) groups excluding carboxylic acids is 1. The number of methoxy groups -OCH3 is 1. The van der Waals surface area contributed by atoms with E-state index in [9.17, 15) is 4.79 Å². The topological polar surface area (TPSA) is 64.3 Å². The Hall–Kier alpha value is -1.26. The molecule has 4 nitrogen and oxygen atoms in total. The lowest BCUT2D eigenvalue weighted by atomic mass is 9.68. The van der Waals surface area contributed by atoms with Crippen LogP contribution in [0.25, 0.3) is 0 Å². The minimum absolute atomic E-state index is 0.139. The second kappa shape index (κ2) is 6.67. The van der Waals surface area contributed by atoms with E-state index in [1.807, 2.05) is 6.07 Å². The predicted molar refractivity (Wildman–Crippen MR) is 86.1 cm³/mol. The Morgan fingerprint density at radius 3 is 2.57 bits per heavy atom. The van der Waals surface area contributed by atoms with Gasteiger partial charge in [0.05, 0.1) is 12.8 Å². The zero-order valence-corrected chi connectivity index (χ0v) is 13.4. The highest BCUT2D eigenvalue weighted by atomic mass is 35.5. The second-order valence-electron chi connectivity index (χ2n) is 5.73. The molecule has 1 aliphatic rings. The van der Waals surface area contributed by atoms with Gasteiger partial charge in [-0.1, -0.05) is 30.9 Å². The van der Waals surface area contributed by atoms with E-state index in [0.717, 1.165) is 31.2 Å². The quantitative estimate of drug-likeness (QED) is 0.895. The van der Waals surface area contributed by atoms with E-state index in [-0.39, 0.29) is 11.3 Å². The molecule has 5 heteroatoms. The summed E-state index contributed by atoms with van der Waals surface area (Å²) in [6.07, 6.45) is 5.46. The third-order valence-electron chi connectivity index (χ3n) is 4.37. The standard InChI is InChI=1S/C16H23ClN2O2/c1-11(20)19-15-13(21-2)7-6-12(17)14(15)16(10-18)8-4-3-5-9-16/h6-7H,3-5,8-10,18H2,1-2H3,(H,19,20). The monoisotopic (exact) mass is 310 g/mol. The average Bonchev–Trinajstić information content (AvgIpc) is 2.48. The molecule has 0 unspecified atom stereocenters. The number of rotatable bonds is 4. The normalized spacial score (nSPS) is 17.3. The molecule has 0 heterocycles. The van der Waals surface area contributed by atoms with Gasteiger partial charge in [-0.3, -0.25) is 4.79 Å². The van der Waals surface area contributed by atoms with Crippen molar-refractivity contribution in [3.8, 4) is 5.75 Å². The molecule has 0 atom stereocenters. The fourth-order valence-corrected chi connectivity index (χ4v) is 3.69. The van der Waals surface area contributed by atoms with Crippen molar-refractivity contribution < 1.29 is 9.53 Å². The van der Waals surface area contributed by atoms with E-state index < -0.39 is 0 Å². The molecule has 1 aromatic rings. The van der Waals surface area contributed by atoms with Crippen LogP contribution in [0, 0.1) is 0 Å². The van der Waals surface area contributed by atoms with Crippen LogP contribution < -0.4 is 15.8 Å². The van der Waals surface area contributed by atoms with E-state index in [0.29, 0.717) is 23.0 Å². The van der Waals surface area contributed by atoms with Crippen LogP contribution in [0.2, 0.25) is 5.02 Å². The summed E-state index contributed by atoms with van der Waals surface area (Å²) in [5, 5.41) is 3.53. The molecular formula is C16H23ClN2O2. The zero-order valence-electron chi connectivity index (χ0n) is 12.7. The lowest BCUT2D eigenvalue weighted by Gasteiger charge is -2.39. The van der Waals surface area contributed by atoms with Gasteiger partial charge in [0.15, 0.2) is 0 Å². The van der Waals surface area contributed by atoms with Crippen molar-refractivity contribution in [3.05, 3.63) is 22.7 Å². The third kappa shape index (κ3) is 3.16. The number of nitrogens with one attached hydrogen (secondary N) is 1. The van der Waals surface area contributed by atoms with Crippen LogP contribution in [0.15, 0.2) is 12.1 Å². The molecule has 0 spiro atoms. The van der Waals surface area contributed by atoms with E-state index >= 15 is 0 Å². The zero-order chi connectivity index (χ0) is 15.5. The number of hydrogen-bond acceptors (Lipinski definition) is 3. The van der Waals surface area contributed by atoms with Crippen molar-refractivity contribution in [2.24, 2.45) is 5.73 Å². The smallest absolute Gasteiger partial charge is 0.221 e. The van der Waals surface area contributed by atoms with Gasteiger partial charge in [-0.15, -0.1) is 0 Å². The highest BCUT2D eigenvalue weighted by Crippen LogP contribution is 2.47. The van der Waals surface area contributed by atoms with E-state index in [2.05, 4.69) is 5.32 Å². The summed E-state index contributed by atoms with van der Waals surface area (Å²) < 4.78 is 5.41. The fourth-order valence-electron chi connectivity index (χ4n) is 3.33. The maximum absolute atomic E-state index is 11.6. The Labute approximate surface area is 131 Å². The third-order valence-corrected chi connectivity index (χ3v) is 4.68. The Balaban J connectivity index is 2.61. The van der Waals surface area contributed by atoms with Crippen molar-refractivity contribution in [1.29, 1.82) is 0 Å². The summed E-state index contributed by atoms with van der Waals surface area (Å²) in [5.74, 6) is 0.489. The van der Waals surface area contributed by atoms with Gasteiger partial charge in [-0.25, -0.2) is 0 Å². The molecule has 0 aromatic heterocycles. The van der Waals surface area contributed by atoms with Crippen molar-refractivity contribution >= 4 is 23.2 Å². The Morgan fingerprint density at radius 1 is 1.38 bits per heavy atom. The maximum Gasteiger partial charge on any atom is 0.221 e. The molecule has 2 rings (SSSR count).